The lowest BCUT2D eigenvalue weighted by molar-refractivity contribution is -0.159. The smallest absolute Gasteiger partial charge is 0.412 e. The number of nitrogens with one attached hydrogen (secondary N) is 1. The fourth-order valence-electron chi connectivity index (χ4n) is 8.20. The molecule has 33 heavy (non-hydrogen) atoms. The number of hydrogen-bond acceptors (Lipinski definition) is 4. The fraction of sp³-hybridized carbons (Fsp3) is 0.607. The SMILES string of the molecule is CC(=O)[C@@]1(OC(=O)Nc2ccccc2)CC[C@H]2[C@@H]3CCC4=CC(=O)CC[C@]4(C)[C@H]3CC[C@@]21C. The monoisotopic (exact) mass is 449 g/mol. The molecule has 0 aliphatic heterocycles. The molecule has 5 nitrogen and oxygen atoms in total. The molecule has 0 aromatic heterocycles. The summed E-state index contributed by atoms with van der Waals surface area (Å²) >= 11 is 0. The second kappa shape index (κ2) is 7.82. The van der Waals surface area contributed by atoms with Crippen molar-refractivity contribution in [2.24, 2.45) is 28.6 Å². The Balaban J connectivity index is 1.42. The van der Waals surface area contributed by atoms with Gasteiger partial charge >= 0.3 is 6.09 Å². The Kier molecular flexibility index (Phi) is 5.30. The zero-order valence-electron chi connectivity index (χ0n) is 20.0. The Morgan fingerprint density at radius 2 is 1.70 bits per heavy atom. The Morgan fingerprint density at radius 3 is 2.42 bits per heavy atom. The van der Waals surface area contributed by atoms with E-state index in [1.165, 1.54) is 5.57 Å². The number of ketones is 2. The molecule has 1 amide bonds. The zero-order valence-corrected chi connectivity index (χ0v) is 20.0. The number of benzene rings is 1. The first-order valence-corrected chi connectivity index (χ1v) is 12.5. The Hall–Kier alpha value is -2.43. The predicted octanol–water partition coefficient (Wildman–Crippen LogP) is 6.09. The third-order valence-electron chi connectivity index (χ3n) is 9.94. The van der Waals surface area contributed by atoms with Crippen molar-refractivity contribution in [1.82, 2.24) is 0 Å². The van der Waals surface area contributed by atoms with Crippen LogP contribution in [0.3, 0.4) is 0 Å². The zero-order chi connectivity index (χ0) is 23.4. The van der Waals surface area contributed by atoms with E-state index in [1.54, 1.807) is 6.92 Å². The van der Waals surface area contributed by atoms with Crippen molar-refractivity contribution in [2.45, 2.75) is 77.7 Å². The quantitative estimate of drug-likeness (QED) is 0.606. The molecule has 0 radical (unpaired) electrons. The van der Waals surface area contributed by atoms with Gasteiger partial charge in [-0.2, -0.15) is 0 Å². The lowest BCUT2D eigenvalue weighted by atomic mass is 9.46. The maximum Gasteiger partial charge on any atom is 0.412 e. The van der Waals surface area contributed by atoms with E-state index in [9.17, 15) is 14.4 Å². The van der Waals surface area contributed by atoms with Gasteiger partial charge in [-0.1, -0.05) is 37.6 Å². The van der Waals surface area contributed by atoms with Crippen molar-refractivity contribution in [1.29, 1.82) is 0 Å². The first kappa shape index (κ1) is 22.4. The van der Waals surface area contributed by atoms with Crippen molar-refractivity contribution < 1.29 is 19.1 Å². The van der Waals surface area contributed by atoms with Crippen LogP contribution >= 0.6 is 0 Å². The Bertz CT molecular complexity index is 1020. The molecule has 0 saturated heterocycles. The molecule has 1 N–H and O–H groups in total. The van der Waals surface area contributed by atoms with Crippen LogP contribution in [-0.2, 0) is 14.3 Å². The molecule has 0 heterocycles. The van der Waals surface area contributed by atoms with Crippen molar-refractivity contribution in [2.75, 3.05) is 5.32 Å². The maximum absolute atomic E-state index is 13.2. The van der Waals surface area contributed by atoms with Gasteiger partial charge in [0.2, 0.25) is 0 Å². The molecule has 4 aliphatic carbocycles. The molecule has 0 spiro atoms. The molecule has 0 unspecified atom stereocenters. The molecule has 3 saturated carbocycles. The molecule has 1 aromatic rings. The summed E-state index contributed by atoms with van der Waals surface area (Å²) in [6.07, 6.45) is 8.37. The van der Waals surface area contributed by atoms with Crippen molar-refractivity contribution in [3.8, 4) is 0 Å². The number of Topliss-reactive ketones (excluding diaryl/α,β-unsaturated/α-hetero) is 1. The molecule has 5 rings (SSSR count). The van der Waals surface area contributed by atoms with Gasteiger partial charge < -0.3 is 4.74 Å². The third kappa shape index (κ3) is 3.30. The highest BCUT2D eigenvalue weighted by atomic mass is 16.6. The van der Waals surface area contributed by atoms with Crippen LogP contribution in [0.4, 0.5) is 10.5 Å². The van der Waals surface area contributed by atoms with Gasteiger partial charge in [-0.3, -0.25) is 14.9 Å². The van der Waals surface area contributed by atoms with Crippen molar-refractivity contribution >= 4 is 23.3 Å². The molecule has 5 heteroatoms. The van der Waals surface area contributed by atoms with Gasteiger partial charge in [0, 0.05) is 17.5 Å². The van der Waals surface area contributed by atoms with Gasteiger partial charge in [0.05, 0.1) is 0 Å². The number of hydrogen-bond donors (Lipinski definition) is 1. The number of rotatable bonds is 3. The van der Waals surface area contributed by atoms with Crippen LogP contribution in [0, 0.1) is 28.6 Å². The minimum absolute atomic E-state index is 0.0416. The lowest BCUT2D eigenvalue weighted by Crippen LogP contribution is -2.59. The number of fused-ring (bicyclic) bond motifs is 5. The molecular formula is C28H35NO4. The van der Waals surface area contributed by atoms with E-state index >= 15 is 0 Å². The van der Waals surface area contributed by atoms with E-state index in [0.29, 0.717) is 36.3 Å². The van der Waals surface area contributed by atoms with E-state index in [-0.39, 0.29) is 22.4 Å². The van der Waals surface area contributed by atoms with E-state index in [4.69, 9.17) is 4.74 Å². The van der Waals surface area contributed by atoms with Gasteiger partial charge in [0.15, 0.2) is 17.2 Å². The molecular weight excluding hydrogens is 414 g/mol. The average Bonchev–Trinajstić information content (AvgIpc) is 3.08. The number of carbonyl (C=O) groups excluding carboxylic acids is 3. The summed E-state index contributed by atoms with van der Waals surface area (Å²) < 4.78 is 6.11. The highest BCUT2D eigenvalue weighted by Gasteiger charge is 2.68. The fourth-order valence-corrected chi connectivity index (χ4v) is 8.20. The Labute approximate surface area is 196 Å². The van der Waals surface area contributed by atoms with E-state index in [2.05, 4.69) is 19.2 Å². The van der Waals surface area contributed by atoms with Crippen LogP contribution in [-0.4, -0.2) is 23.3 Å². The van der Waals surface area contributed by atoms with Gasteiger partial charge in [-0.25, -0.2) is 4.79 Å². The summed E-state index contributed by atoms with van der Waals surface area (Å²) in [7, 11) is 0. The summed E-state index contributed by atoms with van der Waals surface area (Å²) in [6, 6.07) is 9.23. The predicted molar refractivity (Wildman–Crippen MR) is 127 cm³/mol. The first-order chi connectivity index (χ1) is 15.7. The topological polar surface area (TPSA) is 72.5 Å². The second-order valence-corrected chi connectivity index (χ2v) is 11.2. The molecule has 1 aromatic carbocycles. The van der Waals surface area contributed by atoms with Crippen LogP contribution < -0.4 is 5.32 Å². The minimum Gasteiger partial charge on any atom is -0.434 e. The van der Waals surface area contributed by atoms with Crippen LogP contribution in [0.15, 0.2) is 42.0 Å². The molecule has 4 aliphatic rings. The van der Waals surface area contributed by atoms with Crippen LogP contribution in [0.1, 0.15) is 72.1 Å². The molecule has 0 bridgehead atoms. The number of anilines is 1. The van der Waals surface area contributed by atoms with Crippen molar-refractivity contribution in [3.05, 3.63) is 42.0 Å². The highest BCUT2D eigenvalue weighted by molar-refractivity contribution is 5.93. The number of carbonyl (C=O) groups is 3. The van der Waals surface area contributed by atoms with Gasteiger partial charge in [0.1, 0.15) is 0 Å². The standard InChI is InChI=1S/C28H35NO4/c1-18(30)28(33-25(32)29-20-7-5-4-6-8-20)16-13-24-22-10-9-19-17-21(31)11-14-26(19,2)23(22)12-15-27(24,28)3/h4-8,17,22-24H,9-16H2,1-3H3,(H,29,32)/t22-,23+,24+,26+,27+,28+/m1/s1. The normalized spacial score (nSPS) is 39.5. The summed E-state index contributed by atoms with van der Waals surface area (Å²) in [6.45, 7) is 6.14. The van der Waals surface area contributed by atoms with E-state index < -0.39 is 11.7 Å². The molecule has 6 atom stereocenters. The number of ether oxygens (including phenoxy) is 1. The average molecular weight is 450 g/mol. The van der Waals surface area contributed by atoms with Crippen molar-refractivity contribution in [3.63, 3.8) is 0 Å². The van der Waals surface area contributed by atoms with E-state index in [1.807, 2.05) is 36.4 Å². The third-order valence-corrected chi connectivity index (χ3v) is 9.94. The van der Waals surface area contributed by atoms with Crippen LogP contribution in [0.25, 0.3) is 0 Å². The van der Waals surface area contributed by atoms with Crippen LogP contribution in [0.2, 0.25) is 0 Å². The largest absolute Gasteiger partial charge is 0.434 e. The van der Waals surface area contributed by atoms with Gasteiger partial charge in [0.25, 0.3) is 0 Å². The number of allylic oxidation sites excluding steroid dienone is 1. The molecule has 3 fully saturated rings. The number of amides is 1. The minimum atomic E-state index is -1.08. The summed E-state index contributed by atoms with van der Waals surface area (Å²) in [5.74, 6) is 1.61. The van der Waals surface area contributed by atoms with E-state index in [0.717, 1.165) is 38.5 Å². The summed E-state index contributed by atoms with van der Waals surface area (Å²) in [4.78, 5) is 38.2. The van der Waals surface area contributed by atoms with Gasteiger partial charge in [-0.15, -0.1) is 0 Å². The highest BCUT2D eigenvalue weighted by Crippen LogP contribution is 2.68. The van der Waals surface area contributed by atoms with Gasteiger partial charge in [-0.05, 0) is 93.2 Å². The summed E-state index contributed by atoms with van der Waals surface area (Å²) in [5.41, 5.74) is 0.649. The Morgan fingerprint density at radius 1 is 0.970 bits per heavy atom. The second-order valence-electron chi connectivity index (χ2n) is 11.2. The summed E-state index contributed by atoms with van der Waals surface area (Å²) in [5, 5.41) is 2.81. The van der Waals surface area contributed by atoms with Crippen LogP contribution in [0.5, 0.6) is 0 Å². The first-order valence-electron chi connectivity index (χ1n) is 12.5. The lowest BCUT2D eigenvalue weighted by Gasteiger charge is -2.59. The molecule has 176 valence electrons. The number of para-hydroxylation sites is 1. The maximum atomic E-state index is 13.2.